The molecule has 1 saturated carbocycles. The molecule has 0 radical (unpaired) electrons. The second-order valence-corrected chi connectivity index (χ2v) is 5.84. The molecular weight excluding hydrogens is 306 g/mol. The van der Waals surface area contributed by atoms with Gasteiger partial charge in [0.15, 0.2) is 0 Å². The number of carbonyl (C=O) groups is 1. The Bertz CT molecular complexity index is 430. The number of hydrogen-bond acceptors (Lipinski definition) is 3. The number of ether oxygens (including phenoxy) is 1. The first-order valence-electron chi connectivity index (χ1n) is 6.89. The lowest BCUT2D eigenvalue weighted by atomic mass is 9.98. The van der Waals surface area contributed by atoms with Gasteiger partial charge in [-0.25, -0.2) is 4.79 Å². The summed E-state index contributed by atoms with van der Waals surface area (Å²) in [6.07, 6.45) is 4.62. The average Bonchev–Trinajstić information content (AvgIpc) is 2.90. The first kappa shape index (κ1) is 14.4. The molecule has 3 nitrogen and oxygen atoms in total. The summed E-state index contributed by atoms with van der Waals surface area (Å²) in [5.74, 6) is 0.257. The van der Waals surface area contributed by atoms with E-state index in [1.165, 1.54) is 12.8 Å². The van der Waals surface area contributed by atoms with Crippen LogP contribution in [0.15, 0.2) is 28.7 Å². The molecular formula is C15H20BrNO2. The van der Waals surface area contributed by atoms with Crippen LogP contribution in [0, 0.1) is 5.92 Å². The zero-order chi connectivity index (χ0) is 13.7. The minimum Gasteiger partial charge on any atom is -0.464 e. The van der Waals surface area contributed by atoms with E-state index in [-0.39, 0.29) is 12.0 Å². The normalized spacial score (nSPS) is 17.2. The molecule has 1 fully saturated rings. The van der Waals surface area contributed by atoms with E-state index in [0.717, 1.165) is 23.0 Å². The van der Waals surface area contributed by atoms with Crippen molar-refractivity contribution in [3.8, 4) is 0 Å². The van der Waals surface area contributed by atoms with Crippen molar-refractivity contribution < 1.29 is 9.53 Å². The van der Waals surface area contributed by atoms with Crippen LogP contribution < -0.4 is 5.32 Å². The molecule has 1 aliphatic rings. The zero-order valence-electron chi connectivity index (χ0n) is 11.2. The number of benzene rings is 1. The van der Waals surface area contributed by atoms with Crippen LogP contribution in [0.1, 0.15) is 32.6 Å². The van der Waals surface area contributed by atoms with E-state index < -0.39 is 0 Å². The first-order valence-corrected chi connectivity index (χ1v) is 7.68. The van der Waals surface area contributed by atoms with Crippen LogP contribution in [0.4, 0.5) is 5.69 Å². The molecule has 1 atom stereocenters. The first-order chi connectivity index (χ1) is 9.20. The molecule has 4 heteroatoms. The highest BCUT2D eigenvalue weighted by Crippen LogP contribution is 2.30. The number of hydrogen-bond donors (Lipinski definition) is 1. The molecule has 1 N–H and O–H groups in total. The molecule has 104 valence electrons. The van der Waals surface area contributed by atoms with Gasteiger partial charge in [-0.05, 0) is 43.9 Å². The molecule has 0 spiro atoms. The summed E-state index contributed by atoms with van der Waals surface area (Å²) >= 11 is 3.45. The third kappa shape index (κ3) is 3.96. The van der Waals surface area contributed by atoms with Crippen molar-refractivity contribution in [1.29, 1.82) is 0 Å². The van der Waals surface area contributed by atoms with Crippen LogP contribution in [0.2, 0.25) is 0 Å². The van der Waals surface area contributed by atoms with Gasteiger partial charge in [-0.15, -0.1) is 0 Å². The average molecular weight is 326 g/mol. The SMILES string of the molecule is CCOC(=O)C(Nc1cccc(Br)c1)C1CCCC1. The van der Waals surface area contributed by atoms with Crippen LogP contribution in [-0.4, -0.2) is 18.6 Å². The van der Waals surface area contributed by atoms with Gasteiger partial charge >= 0.3 is 5.97 Å². The minimum absolute atomic E-state index is 0.130. The Morgan fingerprint density at radius 1 is 1.47 bits per heavy atom. The molecule has 0 heterocycles. The molecule has 1 unspecified atom stereocenters. The third-order valence-corrected chi connectivity index (χ3v) is 4.05. The summed E-state index contributed by atoms with van der Waals surface area (Å²) in [4.78, 5) is 12.1. The van der Waals surface area contributed by atoms with Gasteiger partial charge < -0.3 is 10.1 Å². The fraction of sp³-hybridized carbons (Fsp3) is 0.533. The van der Waals surface area contributed by atoms with E-state index in [1.54, 1.807) is 0 Å². The Hall–Kier alpha value is -1.03. The van der Waals surface area contributed by atoms with Crippen molar-refractivity contribution >= 4 is 27.6 Å². The fourth-order valence-corrected chi connectivity index (χ4v) is 3.05. The molecule has 0 aliphatic heterocycles. The predicted octanol–water partition coefficient (Wildman–Crippen LogP) is 3.98. The lowest BCUT2D eigenvalue weighted by Gasteiger charge is -2.24. The van der Waals surface area contributed by atoms with Crippen LogP contribution in [0.25, 0.3) is 0 Å². The van der Waals surface area contributed by atoms with E-state index in [9.17, 15) is 4.79 Å². The van der Waals surface area contributed by atoms with Gasteiger partial charge in [-0.2, -0.15) is 0 Å². The second-order valence-electron chi connectivity index (χ2n) is 4.93. The summed E-state index contributed by atoms with van der Waals surface area (Å²) in [7, 11) is 0. The summed E-state index contributed by atoms with van der Waals surface area (Å²) < 4.78 is 6.21. The van der Waals surface area contributed by atoms with Gasteiger partial charge in [-0.1, -0.05) is 34.8 Å². The van der Waals surface area contributed by atoms with Gasteiger partial charge in [0.25, 0.3) is 0 Å². The Balaban J connectivity index is 2.10. The molecule has 1 aromatic carbocycles. The Labute approximate surface area is 122 Å². The number of carbonyl (C=O) groups excluding carboxylic acids is 1. The quantitative estimate of drug-likeness (QED) is 0.832. The van der Waals surface area contributed by atoms with Gasteiger partial charge in [0.1, 0.15) is 6.04 Å². The Morgan fingerprint density at radius 3 is 2.84 bits per heavy atom. The smallest absolute Gasteiger partial charge is 0.328 e. The van der Waals surface area contributed by atoms with E-state index in [1.807, 2.05) is 31.2 Å². The number of halogens is 1. The summed E-state index contributed by atoms with van der Waals surface area (Å²) in [6, 6.07) is 7.67. The van der Waals surface area contributed by atoms with Crippen molar-refractivity contribution in [2.24, 2.45) is 5.92 Å². The van der Waals surface area contributed by atoms with E-state index in [4.69, 9.17) is 4.74 Å². The van der Waals surface area contributed by atoms with Crippen LogP contribution in [0.3, 0.4) is 0 Å². The minimum atomic E-state index is -0.225. The van der Waals surface area contributed by atoms with E-state index >= 15 is 0 Å². The predicted molar refractivity (Wildman–Crippen MR) is 80.1 cm³/mol. The molecule has 0 aromatic heterocycles. The van der Waals surface area contributed by atoms with Crippen molar-refractivity contribution in [2.45, 2.75) is 38.6 Å². The zero-order valence-corrected chi connectivity index (χ0v) is 12.8. The van der Waals surface area contributed by atoms with Crippen molar-refractivity contribution in [2.75, 3.05) is 11.9 Å². The molecule has 0 bridgehead atoms. The highest BCUT2D eigenvalue weighted by atomic mass is 79.9. The second kappa shape index (κ2) is 6.94. The fourth-order valence-electron chi connectivity index (χ4n) is 2.65. The topological polar surface area (TPSA) is 38.3 Å². The van der Waals surface area contributed by atoms with Crippen LogP contribution in [0.5, 0.6) is 0 Å². The Morgan fingerprint density at radius 2 is 2.21 bits per heavy atom. The lowest BCUT2D eigenvalue weighted by Crippen LogP contribution is -2.37. The van der Waals surface area contributed by atoms with Crippen LogP contribution in [-0.2, 0) is 9.53 Å². The Kier molecular flexibility index (Phi) is 5.25. The number of anilines is 1. The summed E-state index contributed by atoms with van der Waals surface area (Å²) in [5.41, 5.74) is 0.958. The standard InChI is InChI=1S/C15H20BrNO2/c1-2-19-15(18)14(11-6-3-4-7-11)17-13-9-5-8-12(16)10-13/h5,8-11,14,17H,2-4,6-7H2,1H3. The molecule has 0 amide bonds. The lowest BCUT2D eigenvalue weighted by molar-refractivity contribution is -0.145. The summed E-state index contributed by atoms with van der Waals surface area (Å²) in [5, 5.41) is 3.34. The van der Waals surface area contributed by atoms with Gasteiger partial charge in [0.05, 0.1) is 6.61 Å². The van der Waals surface area contributed by atoms with Gasteiger partial charge in [0, 0.05) is 10.2 Å². The largest absolute Gasteiger partial charge is 0.464 e. The van der Waals surface area contributed by atoms with Crippen LogP contribution >= 0.6 is 15.9 Å². The highest BCUT2D eigenvalue weighted by molar-refractivity contribution is 9.10. The van der Waals surface area contributed by atoms with Crippen molar-refractivity contribution in [3.63, 3.8) is 0 Å². The number of rotatable bonds is 5. The molecule has 0 saturated heterocycles. The monoisotopic (exact) mass is 325 g/mol. The molecule has 1 aromatic rings. The summed E-state index contributed by atoms with van der Waals surface area (Å²) in [6.45, 7) is 2.28. The van der Waals surface area contributed by atoms with Crippen molar-refractivity contribution in [1.82, 2.24) is 0 Å². The van der Waals surface area contributed by atoms with E-state index in [0.29, 0.717) is 12.5 Å². The maximum Gasteiger partial charge on any atom is 0.328 e. The van der Waals surface area contributed by atoms with Gasteiger partial charge in [0.2, 0.25) is 0 Å². The van der Waals surface area contributed by atoms with E-state index in [2.05, 4.69) is 21.2 Å². The maximum atomic E-state index is 12.1. The molecule has 1 aliphatic carbocycles. The number of esters is 1. The number of nitrogens with one attached hydrogen (secondary N) is 1. The van der Waals surface area contributed by atoms with Gasteiger partial charge in [-0.3, -0.25) is 0 Å². The highest BCUT2D eigenvalue weighted by Gasteiger charge is 2.31. The maximum absolute atomic E-state index is 12.1. The molecule has 2 rings (SSSR count). The third-order valence-electron chi connectivity index (χ3n) is 3.56. The van der Waals surface area contributed by atoms with Crippen molar-refractivity contribution in [3.05, 3.63) is 28.7 Å². The molecule has 19 heavy (non-hydrogen) atoms.